The molecule has 1 unspecified atom stereocenters. The predicted molar refractivity (Wildman–Crippen MR) is 74.8 cm³/mol. The molecular weight excluding hydrogens is 301 g/mol. The van der Waals surface area contributed by atoms with Crippen molar-refractivity contribution in [1.82, 2.24) is 0 Å². The fourth-order valence-corrected chi connectivity index (χ4v) is 1.46. The number of halogens is 2. The van der Waals surface area contributed by atoms with E-state index in [-0.39, 0.29) is 17.3 Å². The van der Waals surface area contributed by atoms with Crippen LogP contribution in [0.2, 0.25) is 0 Å². The molecule has 0 aliphatic rings. The van der Waals surface area contributed by atoms with Crippen LogP contribution in [0.1, 0.15) is 38.1 Å². The van der Waals surface area contributed by atoms with Crippen LogP contribution in [0, 0.1) is 5.82 Å². The van der Waals surface area contributed by atoms with Crippen LogP contribution in [0.3, 0.4) is 0 Å². The van der Waals surface area contributed by atoms with Gasteiger partial charge in [-0.15, -0.1) is 0 Å². The minimum absolute atomic E-state index is 0.0125. The Morgan fingerprint density at radius 2 is 1.89 bits per heavy atom. The quantitative estimate of drug-likeness (QED) is 0.681. The summed E-state index contributed by atoms with van der Waals surface area (Å²) in [5.41, 5.74) is 0.349. The summed E-state index contributed by atoms with van der Waals surface area (Å²) in [6.45, 7) is 6.96. The monoisotopic (exact) mass is 317 g/mol. The molecular formula is C13H17BrFNO2. The summed E-state index contributed by atoms with van der Waals surface area (Å²) in [7, 11) is 0. The number of rotatable bonds is 3. The highest BCUT2D eigenvalue weighted by molar-refractivity contribution is 9.10. The van der Waals surface area contributed by atoms with E-state index in [1.807, 2.05) is 13.8 Å². The van der Waals surface area contributed by atoms with Gasteiger partial charge in [0.25, 0.3) is 0 Å². The van der Waals surface area contributed by atoms with Crippen LogP contribution >= 0.6 is 15.9 Å². The van der Waals surface area contributed by atoms with Crippen LogP contribution < -0.4 is 5.32 Å². The first-order valence-electron chi connectivity index (χ1n) is 5.67. The minimum Gasteiger partial charge on any atom is -0.326 e. The van der Waals surface area contributed by atoms with Gasteiger partial charge in [0.15, 0.2) is 5.78 Å². The first-order chi connectivity index (χ1) is 8.41. The minimum atomic E-state index is -0.637. The van der Waals surface area contributed by atoms with Gasteiger partial charge in [-0.1, -0.05) is 29.8 Å². The van der Waals surface area contributed by atoms with E-state index in [0.29, 0.717) is 5.69 Å². The molecule has 100 valence electrons. The number of nitrogens with one attached hydrogen (secondary N) is 1. The number of carbonyl (C=O) groups excluding carboxylic acids is 2. The highest BCUT2D eigenvalue weighted by Crippen LogP contribution is 2.18. The second-order valence-electron chi connectivity index (χ2n) is 3.36. The van der Waals surface area contributed by atoms with Gasteiger partial charge in [0.05, 0.1) is 10.4 Å². The van der Waals surface area contributed by atoms with Crippen LogP contribution in [0.25, 0.3) is 0 Å². The number of amides is 1. The SMILES string of the molecule is CC.CC(=O)Nc1ccc(C(=O)C(C)Br)c(F)c1. The number of anilines is 1. The van der Waals surface area contributed by atoms with Gasteiger partial charge in [0.2, 0.25) is 5.91 Å². The van der Waals surface area contributed by atoms with Gasteiger partial charge in [0, 0.05) is 12.6 Å². The third-order valence-corrected chi connectivity index (χ3v) is 2.33. The average Bonchev–Trinajstić information content (AvgIpc) is 2.30. The first kappa shape index (κ1) is 16.8. The van der Waals surface area contributed by atoms with E-state index in [0.717, 1.165) is 6.07 Å². The summed E-state index contributed by atoms with van der Waals surface area (Å²) in [5.74, 6) is -1.25. The van der Waals surface area contributed by atoms with E-state index in [2.05, 4.69) is 21.2 Å². The van der Waals surface area contributed by atoms with E-state index in [1.54, 1.807) is 6.92 Å². The lowest BCUT2D eigenvalue weighted by atomic mass is 10.1. The number of hydrogen-bond donors (Lipinski definition) is 1. The van der Waals surface area contributed by atoms with Crippen molar-refractivity contribution in [2.75, 3.05) is 5.32 Å². The van der Waals surface area contributed by atoms with Gasteiger partial charge in [-0.2, -0.15) is 0 Å². The van der Waals surface area contributed by atoms with Crippen molar-refractivity contribution < 1.29 is 14.0 Å². The Hall–Kier alpha value is -1.23. The lowest BCUT2D eigenvalue weighted by Crippen LogP contribution is -2.13. The zero-order chi connectivity index (χ0) is 14.3. The molecule has 0 spiro atoms. The summed E-state index contributed by atoms with van der Waals surface area (Å²) in [5, 5.41) is 2.44. The van der Waals surface area contributed by atoms with Crippen molar-refractivity contribution >= 4 is 33.3 Å². The van der Waals surface area contributed by atoms with Crippen LogP contribution in [0.15, 0.2) is 18.2 Å². The molecule has 1 atom stereocenters. The summed E-state index contributed by atoms with van der Waals surface area (Å²) in [4.78, 5) is 21.8. The molecule has 0 aliphatic carbocycles. The van der Waals surface area contributed by atoms with Crippen molar-refractivity contribution in [3.8, 4) is 0 Å². The van der Waals surface area contributed by atoms with Crippen molar-refractivity contribution in [1.29, 1.82) is 0 Å². The van der Waals surface area contributed by atoms with E-state index in [9.17, 15) is 14.0 Å². The number of ketones is 1. The largest absolute Gasteiger partial charge is 0.326 e. The number of Topliss-reactive ketones (excluding diaryl/α,β-unsaturated/α-hetero) is 1. The first-order valence-corrected chi connectivity index (χ1v) is 6.59. The Bertz CT molecular complexity index is 433. The fraction of sp³-hybridized carbons (Fsp3) is 0.385. The maximum atomic E-state index is 13.5. The Kier molecular flexibility index (Phi) is 7.43. The maximum absolute atomic E-state index is 13.5. The number of carbonyl (C=O) groups is 2. The number of alkyl halides is 1. The highest BCUT2D eigenvalue weighted by Gasteiger charge is 2.16. The van der Waals surface area contributed by atoms with Crippen molar-refractivity contribution in [3.05, 3.63) is 29.6 Å². The molecule has 1 aromatic rings. The molecule has 0 radical (unpaired) electrons. The van der Waals surface area contributed by atoms with Crippen LogP contribution in [-0.4, -0.2) is 16.5 Å². The smallest absolute Gasteiger partial charge is 0.221 e. The number of hydrogen-bond acceptors (Lipinski definition) is 2. The van der Waals surface area contributed by atoms with E-state index >= 15 is 0 Å². The standard InChI is InChI=1S/C11H11BrFNO2.C2H6/c1-6(12)11(16)9-4-3-8(5-10(9)13)14-7(2)15;1-2/h3-6H,1-2H3,(H,14,15);1-2H3. The molecule has 0 aliphatic heterocycles. The summed E-state index contributed by atoms with van der Waals surface area (Å²) >= 11 is 3.08. The second-order valence-corrected chi connectivity index (χ2v) is 4.73. The second kappa shape index (κ2) is 7.97. The number of benzene rings is 1. The highest BCUT2D eigenvalue weighted by atomic mass is 79.9. The Balaban J connectivity index is 0.00000137. The Morgan fingerprint density at radius 3 is 2.28 bits per heavy atom. The molecule has 0 heterocycles. The molecule has 3 nitrogen and oxygen atoms in total. The normalized spacial score (nSPS) is 11.0. The molecule has 1 N–H and O–H groups in total. The molecule has 0 saturated carbocycles. The van der Waals surface area contributed by atoms with E-state index in [1.165, 1.54) is 19.1 Å². The van der Waals surface area contributed by atoms with Gasteiger partial charge >= 0.3 is 0 Å². The zero-order valence-corrected chi connectivity index (χ0v) is 12.5. The molecule has 0 aromatic heterocycles. The Morgan fingerprint density at radius 1 is 1.33 bits per heavy atom. The lowest BCUT2D eigenvalue weighted by molar-refractivity contribution is -0.114. The summed E-state index contributed by atoms with van der Waals surface area (Å²) in [6, 6.07) is 3.98. The van der Waals surface area contributed by atoms with Crippen molar-refractivity contribution in [2.24, 2.45) is 0 Å². The zero-order valence-electron chi connectivity index (χ0n) is 10.9. The van der Waals surface area contributed by atoms with Crippen LogP contribution in [-0.2, 0) is 4.79 Å². The van der Waals surface area contributed by atoms with Crippen molar-refractivity contribution in [2.45, 2.75) is 32.5 Å². The molecule has 0 fully saturated rings. The third-order valence-electron chi connectivity index (χ3n) is 1.92. The van der Waals surface area contributed by atoms with Crippen LogP contribution in [0.4, 0.5) is 10.1 Å². The van der Waals surface area contributed by atoms with Crippen LogP contribution in [0.5, 0.6) is 0 Å². The predicted octanol–water partition coefficient (Wildman–Crippen LogP) is 3.78. The molecule has 1 aromatic carbocycles. The molecule has 5 heteroatoms. The van der Waals surface area contributed by atoms with E-state index < -0.39 is 10.6 Å². The van der Waals surface area contributed by atoms with Gasteiger partial charge in [-0.3, -0.25) is 9.59 Å². The lowest BCUT2D eigenvalue weighted by Gasteiger charge is -2.07. The van der Waals surface area contributed by atoms with Gasteiger partial charge in [-0.25, -0.2) is 4.39 Å². The van der Waals surface area contributed by atoms with Gasteiger partial charge < -0.3 is 5.32 Å². The van der Waals surface area contributed by atoms with E-state index in [4.69, 9.17) is 0 Å². The maximum Gasteiger partial charge on any atom is 0.221 e. The molecule has 18 heavy (non-hydrogen) atoms. The topological polar surface area (TPSA) is 46.2 Å². The molecule has 0 saturated heterocycles. The van der Waals surface area contributed by atoms with Crippen molar-refractivity contribution in [3.63, 3.8) is 0 Å². The fourth-order valence-electron chi connectivity index (χ4n) is 1.21. The summed E-state index contributed by atoms with van der Waals surface area (Å²) in [6.07, 6.45) is 0. The van der Waals surface area contributed by atoms with Gasteiger partial charge in [0.1, 0.15) is 5.82 Å². The average molecular weight is 318 g/mol. The molecule has 1 amide bonds. The summed E-state index contributed by atoms with van der Waals surface area (Å²) < 4.78 is 13.5. The molecule has 0 bridgehead atoms. The molecule has 1 rings (SSSR count). The third kappa shape index (κ3) is 4.96. The Labute approximate surface area is 115 Å². The van der Waals surface area contributed by atoms with Gasteiger partial charge in [-0.05, 0) is 25.1 Å².